The lowest BCUT2D eigenvalue weighted by Gasteiger charge is -2.00. The lowest BCUT2D eigenvalue weighted by Crippen LogP contribution is -2.05. The molecule has 0 radical (unpaired) electrons. The highest BCUT2D eigenvalue weighted by atomic mass is 79.9. The Morgan fingerprint density at radius 1 is 1.33 bits per heavy atom. The van der Waals surface area contributed by atoms with Gasteiger partial charge in [0.15, 0.2) is 6.29 Å². The van der Waals surface area contributed by atoms with Gasteiger partial charge in [-0.15, -0.1) is 0 Å². The van der Waals surface area contributed by atoms with Crippen LogP contribution < -0.4 is 5.63 Å². The molecule has 0 saturated carbocycles. The summed E-state index contributed by atoms with van der Waals surface area (Å²) < 4.78 is 5.32. The molecule has 0 aliphatic rings. The van der Waals surface area contributed by atoms with E-state index >= 15 is 0 Å². The number of aldehydes is 1. The van der Waals surface area contributed by atoms with E-state index in [1.54, 1.807) is 0 Å². The molecular weight excluding hydrogens is 264 g/mol. The zero-order valence-corrected chi connectivity index (χ0v) is 8.95. The van der Waals surface area contributed by atoms with Gasteiger partial charge in [0.25, 0.3) is 0 Å². The van der Waals surface area contributed by atoms with Crippen LogP contribution in [0.3, 0.4) is 0 Å². The molecule has 1 heterocycles. The fourth-order valence-corrected chi connectivity index (χ4v) is 1.55. The lowest BCUT2D eigenvalue weighted by molar-refractivity contribution is 0.112. The van der Waals surface area contributed by atoms with Gasteiger partial charge >= 0.3 is 5.63 Å². The Morgan fingerprint density at radius 3 is 2.73 bits per heavy atom. The van der Waals surface area contributed by atoms with Gasteiger partial charge in [-0.3, -0.25) is 4.79 Å². The molecule has 0 spiro atoms. The molecule has 2 rings (SSSR count). The normalized spacial score (nSPS) is 10.5. The molecule has 2 aromatic rings. The van der Waals surface area contributed by atoms with Crippen molar-refractivity contribution >= 4 is 33.2 Å². The van der Waals surface area contributed by atoms with Gasteiger partial charge in [0, 0.05) is 5.39 Å². The highest BCUT2D eigenvalue weighted by molar-refractivity contribution is 9.10. The van der Waals surface area contributed by atoms with Crippen molar-refractivity contribution in [2.45, 2.75) is 0 Å². The van der Waals surface area contributed by atoms with Crippen LogP contribution in [-0.4, -0.2) is 11.4 Å². The van der Waals surface area contributed by atoms with Crippen LogP contribution in [0.5, 0.6) is 5.75 Å². The van der Waals surface area contributed by atoms with Crippen LogP contribution in [0.4, 0.5) is 0 Å². The number of phenols is 1. The van der Waals surface area contributed by atoms with E-state index in [0.29, 0.717) is 21.7 Å². The number of rotatable bonds is 1. The molecular formula is C10H5BrO4. The van der Waals surface area contributed by atoms with E-state index in [1.807, 2.05) is 0 Å². The summed E-state index contributed by atoms with van der Waals surface area (Å²) in [5.41, 5.74) is -0.436. The third kappa shape index (κ3) is 1.66. The van der Waals surface area contributed by atoms with Gasteiger partial charge in [0.2, 0.25) is 0 Å². The number of carbonyl (C=O) groups is 1. The summed E-state index contributed by atoms with van der Waals surface area (Å²) in [7, 11) is 0. The molecule has 0 bridgehead atoms. The molecule has 0 amide bonds. The second kappa shape index (κ2) is 3.51. The molecule has 0 aliphatic heterocycles. The first-order chi connectivity index (χ1) is 7.11. The van der Waals surface area contributed by atoms with Crippen molar-refractivity contribution in [1.29, 1.82) is 0 Å². The zero-order valence-electron chi connectivity index (χ0n) is 7.36. The fourth-order valence-electron chi connectivity index (χ4n) is 1.23. The smallest absolute Gasteiger partial charge is 0.346 e. The Hall–Kier alpha value is -1.62. The predicted octanol–water partition coefficient (Wildman–Crippen LogP) is 2.07. The van der Waals surface area contributed by atoms with Crippen LogP contribution in [0.15, 0.2) is 31.9 Å². The van der Waals surface area contributed by atoms with Crippen molar-refractivity contribution < 1.29 is 14.3 Å². The number of hydrogen-bond donors (Lipinski definition) is 1. The molecule has 15 heavy (non-hydrogen) atoms. The minimum absolute atomic E-state index is 0.0215. The van der Waals surface area contributed by atoms with E-state index in [2.05, 4.69) is 15.9 Å². The largest absolute Gasteiger partial charge is 0.507 e. The minimum Gasteiger partial charge on any atom is -0.507 e. The maximum Gasteiger partial charge on any atom is 0.346 e. The third-order valence-electron chi connectivity index (χ3n) is 1.96. The molecule has 5 heteroatoms. The highest BCUT2D eigenvalue weighted by Gasteiger charge is 2.07. The summed E-state index contributed by atoms with van der Waals surface area (Å²) >= 11 is 3.09. The molecule has 1 aromatic carbocycles. The second-order valence-corrected chi connectivity index (χ2v) is 3.80. The van der Waals surface area contributed by atoms with E-state index < -0.39 is 5.63 Å². The first kappa shape index (κ1) is 9.92. The SMILES string of the molecule is O=Cc1cc2cc(O)c(Br)cc2oc1=O. The van der Waals surface area contributed by atoms with Crippen LogP contribution >= 0.6 is 15.9 Å². The average molecular weight is 269 g/mol. The van der Waals surface area contributed by atoms with E-state index in [9.17, 15) is 14.7 Å². The second-order valence-electron chi connectivity index (χ2n) is 2.95. The van der Waals surface area contributed by atoms with Crippen LogP contribution in [0, 0.1) is 0 Å². The van der Waals surface area contributed by atoms with Gasteiger partial charge in [-0.1, -0.05) is 0 Å². The maximum absolute atomic E-state index is 11.2. The lowest BCUT2D eigenvalue weighted by atomic mass is 10.2. The molecule has 0 saturated heterocycles. The van der Waals surface area contributed by atoms with Crippen molar-refractivity contribution in [1.82, 2.24) is 0 Å². The highest BCUT2D eigenvalue weighted by Crippen LogP contribution is 2.28. The number of phenolic OH excluding ortho intramolecular Hbond substituents is 1. The molecule has 0 atom stereocenters. The van der Waals surface area contributed by atoms with Crippen LogP contribution in [-0.2, 0) is 0 Å². The van der Waals surface area contributed by atoms with Crippen molar-refractivity contribution in [3.8, 4) is 5.75 Å². The summed E-state index contributed by atoms with van der Waals surface area (Å²) in [5.74, 6) is 0.0215. The Kier molecular flexibility index (Phi) is 2.32. The topological polar surface area (TPSA) is 67.5 Å². The Labute approximate surface area is 92.3 Å². The Bertz CT molecular complexity index is 600. The third-order valence-corrected chi connectivity index (χ3v) is 2.59. The number of aromatic hydroxyl groups is 1. The zero-order chi connectivity index (χ0) is 11.0. The molecule has 1 aromatic heterocycles. The summed E-state index contributed by atoms with van der Waals surface area (Å²) in [6, 6.07) is 4.26. The molecule has 0 unspecified atom stereocenters. The van der Waals surface area contributed by atoms with E-state index in [0.717, 1.165) is 0 Å². The quantitative estimate of drug-likeness (QED) is 0.635. The predicted molar refractivity (Wildman–Crippen MR) is 57.2 cm³/mol. The van der Waals surface area contributed by atoms with Crippen molar-refractivity contribution in [2.24, 2.45) is 0 Å². The molecule has 0 fully saturated rings. The summed E-state index contributed by atoms with van der Waals surface area (Å²) in [4.78, 5) is 21.7. The van der Waals surface area contributed by atoms with E-state index in [1.165, 1.54) is 18.2 Å². The van der Waals surface area contributed by atoms with Crippen molar-refractivity contribution in [3.05, 3.63) is 38.7 Å². The first-order valence-corrected chi connectivity index (χ1v) is 4.82. The van der Waals surface area contributed by atoms with Gasteiger partial charge in [-0.25, -0.2) is 4.79 Å². The van der Waals surface area contributed by atoms with E-state index in [-0.39, 0.29) is 11.3 Å². The van der Waals surface area contributed by atoms with Crippen LogP contribution in [0.25, 0.3) is 11.0 Å². The fraction of sp³-hybridized carbons (Fsp3) is 0. The van der Waals surface area contributed by atoms with Gasteiger partial charge in [-0.05, 0) is 34.1 Å². The number of carbonyl (C=O) groups excluding carboxylic acids is 1. The Balaban J connectivity index is 2.88. The van der Waals surface area contributed by atoms with Gasteiger partial charge < -0.3 is 9.52 Å². The summed E-state index contributed by atoms with van der Waals surface area (Å²) in [6.07, 6.45) is 0.421. The van der Waals surface area contributed by atoms with Gasteiger partial charge in [-0.2, -0.15) is 0 Å². The molecule has 76 valence electrons. The molecule has 0 aliphatic carbocycles. The number of benzene rings is 1. The van der Waals surface area contributed by atoms with Crippen LogP contribution in [0.2, 0.25) is 0 Å². The Morgan fingerprint density at radius 2 is 2.07 bits per heavy atom. The molecule has 4 nitrogen and oxygen atoms in total. The number of fused-ring (bicyclic) bond motifs is 1. The van der Waals surface area contributed by atoms with E-state index in [4.69, 9.17) is 4.42 Å². The maximum atomic E-state index is 11.2. The minimum atomic E-state index is -0.685. The monoisotopic (exact) mass is 268 g/mol. The standard InChI is InChI=1S/C10H5BrO4/c11-7-3-9-5(2-8(7)13)1-6(4-12)10(14)15-9/h1-4,13H. The van der Waals surface area contributed by atoms with Crippen molar-refractivity contribution in [2.75, 3.05) is 0 Å². The van der Waals surface area contributed by atoms with Crippen LogP contribution in [0.1, 0.15) is 10.4 Å². The van der Waals surface area contributed by atoms with Crippen molar-refractivity contribution in [3.63, 3.8) is 0 Å². The molecule has 1 N–H and O–H groups in total. The summed E-state index contributed by atoms with van der Waals surface area (Å²) in [5, 5.41) is 9.89. The van der Waals surface area contributed by atoms with Gasteiger partial charge in [0.1, 0.15) is 16.9 Å². The first-order valence-electron chi connectivity index (χ1n) is 4.03. The average Bonchev–Trinajstić information content (AvgIpc) is 2.20. The number of hydrogen-bond acceptors (Lipinski definition) is 4. The number of halogens is 1. The summed E-state index contributed by atoms with van der Waals surface area (Å²) in [6.45, 7) is 0. The van der Waals surface area contributed by atoms with Gasteiger partial charge in [0.05, 0.1) is 4.47 Å².